The topological polar surface area (TPSA) is 75.7 Å². The number of carbonyl (C=O) groups excluding carboxylic acids is 1. The van der Waals surface area contributed by atoms with E-state index in [1.807, 2.05) is 0 Å². The number of carbonyl (C=O) groups is 1. The van der Waals surface area contributed by atoms with Gasteiger partial charge in [0.15, 0.2) is 0 Å². The van der Waals surface area contributed by atoms with Gasteiger partial charge in [0.2, 0.25) is 10.0 Å². The maximum atomic E-state index is 13.0. The fourth-order valence-electron chi connectivity index (χ4n) is 3.15. The molecule has 0 aliphatic heterocycles. The second-order valence-corrected chi connectivity index (χ2v) is 10.3. The van der Waals surface area contributed by atoms with E-state index in [0.29, 0.717) is 16.3 Å². The Labute approximate surface area is 210 Å². The second-order valence-electron chi connectivity index (χ2n) is 7.39. The molecule has 0 saturated carbocycles. The first-order valence-electron chi connectivity index (χ1n) is 9.90. The van der Waals surface area contributed by atoms with E-state index >= 15 is 0 Å². The number of hydrogen-bond donors (Lipinski definition) is 1. The highest BCUT2D eigenvalue weighted by molar-refractivity contribution is 7.89. The molecule has 0 bridgehead atoms. The molecular formula is C23H19Cl2F3N2O4S. The number of anilines is 1. The molecule has 0 saturated heterocycles. The number of rotatable bonds is 7. The number of hydrogen-bond acceptors (Lipinski definition) is 4. The van der Waals surface area contributed by atoms with Crippen LogP contribution in [0.25, 0.3) is 0 Å². The lowest BCUT2D eigenvalue weighted by Crippen LogP contribution is -2.27. The van der Waals surface area contributed by atoms with Crippen LogP contribution >= 0.6 is 23.2 Å². The summed E-state index contributed by atoms with van der Waals surface area (Å²) in [4.78, 5) is 12.8. The molecule has 6 nitrogen and oxygen atoms in total. The maximum absolute atomic E-state index is 13.0. The summed E-state index contributed by atoms with van der Waals surface area (Å²) in [6.45, 7) is -0.153. The standard InChI is InChI=1S/C23H19Cl2F3N2O4S/c1-30(35(32,33)18-7-5-17(24)6-8-18)13-15-11-14(3-10-21(15)34-2)22(31)29-20-12-16(23(26,27)28)4-9-19(20)25/h3-12H,13H2,1-2H3,(H,29,31). The van der Waals surface area contributed by atoms with Gasteiger partial charge in [-0.1, -0.05) is 23.2 Å². The fourth-order valence-corrected chi connectivity index (χ4v) is 4.59. The second kappa shape index (κ2) is 10.4. The van der Waals surface area contributed by atoms with Crippen LogP contribution in [0.4, 0.5) is 18.9 Å². The molecule has 0 aliphatic rings. The minimum absolute atomic E-state index is 0.0245. The number of nitrogens with zero attached hydrogens (tertiary/aromatic N) is 1. The third-order valence-corrected chi connectivity index (χ3v) is 7.40. The Balaban J connectivity index is 1.87. The quantitative estimate of drug-likeness (QED) is 0.388. The van der Waals surface area contributed by atoms with Gasteiger partial charge in [-0.3, -0.25) is 4.79 Å². The SMILES string of the molecule is COc1ccc(C(=O)Nc2cc(C(F)(F)F)ccc2Cl)cc1CN(C)S(=O)(=O)c1ccc(Cl)cc1. The van der Waals surface area contributed by atoms with Crippen molar-refractivity contribution in [2.45, 2.75) is 17.6 Å². The van der Waals surface area contributed by atoms with Crippen molar-refractivity contribution in [3.8, 4) is 5.75 Å². The molecule has 0 spiro atoms. The summed E-state index contributed by atoms with van der Waals surface area (Å²) in [5.41, 5.74) is -0.769. The molecule has 3 aromatic carbocycles. The van der Waals surface area contributed by atoms with Crippen LogP contribution in [0.15, 0.2) is 65.6 Å². The Kier molecular flexibility index (Phi) is 8.00. The van der Waals surface area contributed by atoms with Gasteiger partial charge in [-0.05, 0) is 60.7 Å². The maximum Gasteiger partial charge on any atom is 0.416 e. The van der Waals surface area contributed by atoms with Gasteiger partial charge in [0.05, 0.1) is 28.3 Å². The molecule has 35 heavy (non-hydrogen) atoms. The zero-order valence-corrected chi connectivity index (χ0v) is 20.7. The van der Waals surface area contributed by atoms with E-state index in [4.69, 9.17) is 27.9 Å². The van der Waals surface area contributed by atoms with Crippen molar-refractivity contribution in [2.75, 3.05) is 19.5 Å². The van der Waals surface area contributed by atoms with Crippen molar-refractivity contribution in [1.29, 1.82) is 0 Å². The van der Waals surface area contributed by atoms with E-state index in [1.54, 1.807) is 0 Å². The highest BCUT2D eigenvalue weighted by atomic mass is 35.5. The van der Waals surface area contributed by atoms with Gasteiger partial charge in [-0.25, -0.2) is 8.42 Å². The highest BCUT2D eigenvalue weighted by Crippen LogP contribution is 2.34. The van der Waals surface area contributed by atoms with Crippen molar-refractivity contribution in [3.63, 3.8) is 0 Å². The molecule has 12 heteroatoms. The third kappa shape index (κ3) is 6.26. The molecule has 0 atom stereocenters. The Morgan fingerprint density at radius 1 is 1.03 bits per heavy atom. The number of halogens is 5. The van der Waals surface area contributed by atoms with Crippen molar-refractivity contribution in [1.82, 2.24) is 4.31 Å². The lowest BCUT2D eigenvalue weighted by molar-refractivity contribution is -0.137. The minimum atomic E-state index is -4.61. The predicted octanol–water partition coefficient (Wildman–Crippen LogP) is 6.09. The summed E-state index contributed by atoms with van der Waals surface area (Å²) in [6, 6.07) is 12.5. The number of sulfonamides is 1. The molecule has 186 valence electrons. The predicted molar refractivity (Wildman–Crippen MR) is 128 cm³/mol. The fraction of sp³-hybridized carbons (Fsp3) is 0.174. The monoisotopic (exact) mass is 546 g/mol. The largest absolute Gasteiger partial charge is 0.496 e. The summed E-state index contributed by atoms with van der Waals surface area (Å²) in [5.74, 6) is -0.421. The first-order chi connectivity index (χ1) is 16.3. The Morgan fingerprint density at radius 3 is 2.29 bits per heavy atom. The first-order valence-corrected chi connectivity index (χ1v) is 12.1. The molecule has 0 heterocycles. The average molecular weight is 547 g/mol. The molecule has 1 amide bonds. The number of nitrogens with one attached hydrogen (secondary N) is 1. The van der Waals surface area contributed by atoms with Crippen molar-refractivity contribution < 1.29 is 31.1 Å². The Hall–Kier alpha value is -2.79. The lowest BCUT2D eigenvalue weighted by Gasteiger charge is -2.19. The molecular weight excluding hydrogens is 528 g/mol. The van der Waals surface area contributed by atoms with Crippen LogP contribution in [0, 0.1) is 0 Å². The third-order valence-electron chi connectivity index (χ3n) is 5.00. The van der Waals surface area contributed by atoms with Gasteiger partial charge in [0, 0.05) is 29.7 Å². The van der Waals surface area contributed by atoms with Gasteiger partial charge >= 0.3 is 6.18 Å². The molecule has 0 aromatic heterocycles. The molecule has 3 rings (SSSR count). The van der Waals surface area contributed by atoms with Crippen LogP contribution in [0.3, 0.4) is 0 Å². The van der Waals surface area contributed by atoms with Crippen LogP contribution in [-0.4, -0.2) is 32.8 Å². The average Bonchev–Trinajstić information content (AvgIpc) is 2.79. The van der Waals surface area contributed by atoms with E-state index in [1.165, 1.54) is 56.6 Å². The number of ether oxygens (including phenoxy) is 1. The molecule has 0 fully saturated rings. The van der Waals surface area contributed by atoms with Gasteiger partial charge < -0.3 is 10.1 Å². The molecule has 0 unspecified atom stereocenters. The molecule has 0 radical (unpaired) electrons. The molecule has 1 N–H and O–H groups in total. The van der Waals surface area contributed by atoms with Crippen LogP contribution in [0.5, 0.6) is 5.75 Å². The molecule has 0 aliphatic carbocycles. The summed E-state index contributed by atoms with van der Waals surface area (Å²) in [5, 5.41) is 2.67. The zero-order valence-electron chi connectivity index (χ0n) is 18.4. The van der Waals surface area contributed by atoms with Crippen LogP contribution < -0.4 is 10.1 Å². The van der Waals surface area contributed by atoms with E-state index < -0.39 is 27.7 Å². The van der Waals surface area contributed by atoms with Crippen LogP contribution in [-0.2, 0) is 22.7 Å². The van der Waals surface area contributed by atoms with E-state index in [0.717, 1.165) is 22.5 Å². The van der Waals surface area contributed by atoms with Gasteiger partial charge in [-0.2, -0.15) is 17.5 Å². The first kappa shape index (κ1) is 26.8. The van der Waals surface area contributed by atoms with Crippen molar-refractivity contribution in [2.24, 2.45) is 0 Å². The summed E-state index contributed by atoms with van der Waals surface area (Å²) < 4.78 is 71.3. The number of benzene rings is 3. The molecule has 3 aromatic rings. The van der Waals surface area contributed by atoms with Crippen LogP contribution in [0.1, 0.15) is 21.5 Å². The summed E-state index contributed by atoms with van der Waals surface area (Å²) in [6.07, 6.45) is -4.61. The Bertz CT molecular complexity index is 1350. The lowest BCUT2D eigenvalue weighted by atomic mass is 10.1. The highest BCUT2D eigenvalue weighted by Gasteiger charge is 2.31. The van der Waals surface area contributed by atoms with Gasteiger partial charge in [0.1, 0.15) is 5.75 Å². The number of methoxy groups -OCH3 is 1. The number of amides is 1. The summed E-state index contributed by atoms with van der Waals surface area (Å²) in [7, 11) is -1.15. The Morgan fingerprint density at radius 2 is 1.69 bits per heavy atom. The van der Waals surface area contributed by atoms with Crippen LogP contribution in [0.2, 0.25) is 10.0 Å². The zero-order chi connectivity index (χ0) is 26.0. The van der Waals surface area contributed by atoms with Crippen molar-refractivity contribution in [3.05, 3.63) is 87.4 Å². The van der Waals surface area contributed by atoms with E-state index in [-0.39, 0.29) is 27.7 Å². The van der Waals surface area contributed by atoms with Gasteiger partial charge in [0.25, 0.3) is 5.91 Å². The smallest absolute Gasteiger partial charge is 0.416 e. The van der Waals surface area contributed by atoms with E-state index in [2.05, 4.69) is 5.32 Å². The van der Waals surface area contributed by atoms with Crippen molar-refractivity contribution >= 4 is 44.8 Å². The van der Waals surface area contributed by atoms with Gasteiger partial charge in [-0.15, -0.1) is 0 Å². The number of alkyl halides is 3. The minimum Gasteiger partial charge on any atom is -0.496 e. The van der Waals surface area contributed by atoms with E-state index in [9.17, 15) is 26.4 Å². The normalized spacial score (nSPS) is 12.0. The summed E-state index contributed by atoms with van der Waals surface area (Å²) >= 11 is 11.8.